The molecule has 0 bridgehead atoms. The molecule has 34 heavy (non-hydrogen) atoms. The lowest BCUT2D eigenvalue weighted by atomic mass is 10.1. The van der Waals surface area contributed by atoms with E-state index in [9.17, 15) is 14.6 Å². The third kappa shape index (κ3) is 4.37. The predicted molar refractivity (Wildman–Crippen MR) is 128 cm³/mol. The van der Waals surface area contributed by atoms with Gasteiger partial charge < -0.3 is 25.3 Å². The Morgan fingerprint density at radius 2 is 1.97 bits per heavy atom. The van der Waals surface area contributed by atoms with Gasteiger partial charge in [0, 0.05) is 44.1 Å². The number of β-amino-alcohol motifs (C(OH)–C–C–N with tert-alkyl or cyclic N) is 1. The molecule has 0 aromatic carbocycles. The number of pyridine rings is 1. The number of aliphatic hydroxyl groups excluding tert-OH is 2. The summed E-state index contributed by atoms with van der Waals surface area (Å²) in [6.45, 7) is 6.16. The molecule has 0 aliphatic carbocycles. The molecule has 182 valence electrons. The van der Waals surface area contributed by atoms with Gasteiger partial charge in [0.2, 0.25) is 5.95 Å². The van der Waals surface area contributed by atoms with E-state index in [1.165, 1.54) is 0 Å². The first-order valence-corrected chi connectivity index (χ1v) is 11.9. The minimum Gasteiger partial charge on any atom is -0.391 e. The fourth-order valence-corrected chi connectivity index (χ4v) is 4.54. The first-order valence-electron chi connectivity index (χ1n) is 11.9. The van der Waals surface area contributed by atoms with Gasteiger partial charge in [0.1, 0.15) is 17.8 Å². The van der Waals surface area contributed by atoms with Crippen LogP contribution in [0.25, 0.3) is 10.9 Å². The van der Waals surface area contributed by atoms with Gasteiger partial charge in [-0.3, -0.25) is 4.68 Å². The minimum absolute atomic E-state index is 0.0664. The topological polar surface area (TPSA) is 115 Å². The Hall–Kier alpha value is -3.05. The van der Waals surface area contributed by atoms with Crippen molar-refractivity contribution in [2.75, 3.05) is 41.3 Å². The van der Waals surface area contributed by atoms with Crippen LogP contribution in [0.3, 0.4) is 0 Å². The maximum atomic E-state index is 14.0. The molecule has 3 aromatic rings. The van der Waals surface area contributed by atoms with E-state index in [2.05, 4.69) is 39.0 Å². The van der Waals surface area contributed by atoms with Crippen LogP contribution in [0.15, 0.2) is 24.5 Å². The lowest BCUT2D eigenvalue weighted by Gasteiger charge is -2.32. The molecule has 11 heteroatoms. The van der Waals surface area contributed by atoms with Crippen molar-refractivity contribution in [2.24, 2.45) is 0 Å². The number of piperidine rings is 1. The maximum absolute atomic E-state index is 14.0. The summed E-state index contributed by atoms with van der Waals surface area (Å²) in [6, 6.07) is 3.90. The monoisotopic (exact) mass is 470 g/mol. The summed E-state index contributed by atoms with van der Waals surface area (Å²) in [4.78, 5) is 17.3. The van der Waals surface area contributed by atoms with E-state index in [4.69, 9.17) is 5.10 Å². The second-order valence-electron chi connectivity index (χ2n) is 9.19. The molecule has 2 aliphatic heterocycles. The molecule has 4 unspecified atom stereocenters. The number of rotatable bonds is 6. The molecular formula is C23H31FN8O2. The van der Waals surface area contributed by atoms with Crippen molar-refractivity contribution in [1.29, 1.82) is 0 Å². The molecular weight excluding hydrogens is 439 g/mol. The zero-order valence-corrected chi connectivity index (χ0v) is 19.5. The quantitative estimate of drug-likeness (QED) is 0.499. The summed E-state index contributed by atoms with van der Waals surface area (Å²) < 4.78 is 16.0. The third-order valence-corrected chi connectivity index (χ3v) is 6.73. The van der Waals surface area contributed by atoms with Crippen LogP contribution in [0.4, 0.5) is 27.8 Å². The number of nitrogens with zero attached hydrogens (tertiary/aromatic N) is 7. The standard InChI is InChI=1S/C23H31FN8O2/c1-3-14(2)32-18-10-21(26-11-16(18)22(29-32)30-8-5-15(33)12-30)27-20-4-7-25-23(28-20)31-9-6-19(34)17(24)13-31/h4,7,10-11,14-15,17,19,33-34H,3,5-6,8-9,12-13H2,1-2H3,(H,25,26,27,28). The summed E-state index contributed by atoms with van der Waals surface area (Å²) in [7, 11) is 0. The highest BCUT2D eigenvalue weighted by Crippen LogP contribution is 2.32. The number of fused-ring (bicyclic) bond motifs is 1. The van der Waals surface area contributed by atoms with Crippen molar-refractivity contribution in [2.45, 2.75) is 57.5 Å². The van der Waals surface area contributed by atoms with E-state index in [1.807, 2.05) is 16.9 Å². The fraction of sp³-hybridized carbons (Fsp3) is 0.565. The van der Waals surface area contributed by atoms with Crippen molar-refractivity contribution in [3.8, 4) is 0 Å². The maximum Gasteiger partial charge on any atom is 0.227 e. The fourth-order valence-electron chi connectivity index (χ4n) is 4.54. The SMILES string of the molecule is CCC(C)n1nc(N2CCC(O)C2)c2cnc(Nc3ccnc(N4CCC(O)C(F)C4)n3)cc21. The molecule has 5 rings (SSSR count). The number of aromatic nitrogens is 5. The van der Waals surface area contributed by atoms with Gasteiger partial charge in [-0.25, -0.2) is 14.4 Å². The van der Waals surface area contributed by atoms with Crippen molar-refractivity contribution in [1.82, 2.24) is 24.7 Å². The Morgan fingerprint density at radius 1 is 1.15 bits per heavy atom. The van der Waals surface area contributed by atoms with Crippen LogP contribution in [0.1, 0.15) is 39.2 Å². The van der Waals surface area contributed by atoms with Crippen LogP contribution >= 0.6 is 0 Å². The molecule has 4 atom stereocenters. The smallest absolute Gasteiger partial charge is 0.227 e. The van der Waals surface area contributed by atoms with Gasteiger partial charge in [0.15, 0.2) is 5.82 Å². The summed E-state index contributed by atoms with van der Waals surface area (Å²) in [5, 5.41) is 28.7. The number of halogens is 1. The largest absolute Gasteiger partial charge is 0.391 e. The van der Waals surface area contributed by atoms with E-state index in [1.54, 1.807) is 17.2 Å². The molecule has 0 spiro atoms. The van der Waals surface area contributed by atoms with Crippen LogP contribution in [-0.2, 0) is 0 Å². The Morgan fingerprint density at radius 3 is 2.71 bits per heavy atom. The number of nitrogens with one attached hydrogen (secondary N) is 1. The number of aliphatic hydroxyl groups is 2. The normalized spacial score (nSPS) is 24.1. The first kappa shape index (κ1) is 22.7. The van der Waals surface area contributed by atoms with Gasteiger partial charge in [0.05, 0.1) is 29.7 Å². The van der Waals surface area contributed by atoms with E-state index < -0.39 is 12.3 Å². The average molecular weight is 471 g/mol. The van der Waals surface area contributed by atoms with Crippen LogP contribution in [0, 0.1) is 0 Å². The van der Waals surface area contributed by atoms with Gasteiger partial charge in [-0.15, -0.1) is 0 Å². The summed E-state index contributed by atoms with van der Waals surface area (Å²) in [6.07, 6.45) is 2.87. The zero-order chi connectivity index (χ0) is 23.8. The number of alkyl halides is 1. The zero-order valence-electron chi connectivity index (χ0n) is 19.5. The van der Waals surface area contributed by atoms with Crippen molar-refractivity contribution >= 4 is 34.3 Å². The van der Waals surface area contributed by atoms with Gasteiger partial charge in [-0.1, -0.05) is 6.92 Å². The Bertz CT molecular complexity index is 1160. The second-order valence-corrected chi connectivity index (χ2v) is 9.19. The van der Waals surface area contributed by atoms with Gasteiger partial charge in [-0.05, 0) is 32.3 Å². The molecule has 2 saturated heterocycles. The summed E-state index contributed by atoms with van der Waals surface area (Å²) >= 11 is 0. The van der Waals surface area contributed by atoms with Crippen molar-refractivity contribution in [3.63, 3.8) is 0 Å². The molecule has 3 N–H and O–H groups in total. The average Bonchev–Trinajstić information content (AvgIpc) is 3.43. The number of anilines is 4. The van der Waals surface area contributed by atoms with Gasteiger partial charge in [0.25, 0.3) is 0 Å². The van der Waals surface area contributed by atoms with Crippen LogP contribution < -0.4 is 15.1 Å². The number of hydrogen-bond acceptors (Lipinski definition) is 9. The summed E-state index contributed by atoms with van der Waals surface area (Å²) in [5.41, 5.74) is 0.961. The predicted octanol–water partition coefficient (Wildman–Crippen LogP) is 2.42. The molecule has 0 saturated carbocycles. The Balaban J connectivity index is 1.42. The van der Waals surface area contributed by atoms with E-state index in [0.29, 0.717) is 37.1 Å². The van der Waals surface area contributed by atoms with Gasteiger partial charge in [-0.2, -0.15) is 10.1 Å². The van der Waals surface area contributed by atoms with Crippen molar-refractivity contribution in [3.05, 3.63) is 24.5 Å². The van der Waals surface area contributed by atoms with Crippen LogP contribution in [0.2, 0.25) is 0 Å². The first-order chi connectivity index (χ1) is 16.4. The highest BCUT2D eigenvalue weighted by Gasteiger charge is 2.29. The second kappa shape index (κ2) is 9.30. The van der Waals surface area contributed by atoms with E-state index in [0.717, 1.165) is 36.1 Å². The molecule has 2 fully saturated rings. The molecule has 0 radical (unpaired) electrons. The minimum atomic E-state index is -1.32. The third-order valence-electron chi connectivity index (χ3n) is 6.73. The molecule has 3 aromatic heterocycles. The lowest BCUT2D eigenvalue weighted by Crippen LogP contribution is -2.45. The molecule has 0 amide bonds. The Labute approximate surface area is 197 Å². The highest BCUT2D eigenvalue weighted by molar-refractivity contribution is 5.92. The highest BCUT2D eigenvalue weighted by atomic mass is 19.1. The molecule has 5 heterocycles. The van der Waals surface area contributed by atoms with Crippen molar-refractivity contribution < 1.29 is 14.6 Å². The van der Waals surface area contributed by atoms with E-state index >= 15 is 0 Å². The van der Waals surface area contributed by atoms with Crippen LogP contribution in [-0.4, -0.2) is 79.5 Å². The Kier molecular flexibility index (Phi) is 6.22. The summed E-state index contributed by atoms with van der Waals surface area (Å²) in [5.74, 6) is 2.44. The number of hydrogen-bond donors (Lipinski definition) is 3. The van der Waals surface area contributed by atoms with Gasteiger partial charge >= 0.3 is 0 Å². The molecule has 10 nitrogen and oxygen atoms in total. The molecule has 2 aliphatic rings. The van der Waals surface area contributed by atoms with E-state index in [-0.39, 0.29) is 18.7 Å². The lowest BCUT2D eigenvalue weighted by molar-refractivity contribution is 0.0612. The van der Waals surface area contributed by atoms with Crippen LogP contribution in [0.5, 0.6) is 0 Å².